The smallest absolute Gasteiger partial charge is 0.253 e. The summed E-state index contributed by atoms with van der Waals surface area (Å²) in [6, 6.07) is 11.9. The van der Waals surface area contributed by atoms with Gasteiger partial charge in [0, 0.05) is 49.2 Å². The molecule has 5 rings (SSSR count). The molecule has 0 bridgehead atoms. The Bertz CT molecular complexity index is 1230. The van der Waals surface area contributed by atoms with Gasteiger partial charge in [-0.3, -0.25) is 14.6 Å². The van der Waals surface area contributed by atoms with Crippen molar-refractivity contribution in [2.24, 2.45) is 5.92 Å². The Kier molecular flexibility index (Phi) is 6.53. The number of aromatic nitrogens is 2. The summed E-state index contributed by atoms with van der Waals surface area (Å²) in [5.74, 6) is 1.08. The molecule has 5 nitrogen and oxygen atoms in total. The summed E-state index contributed by atoms with van der Waals surface area (Å²) < 4.78 is 1.08. The molecule has 6 heteroatoms. The molecule has 1 aromatic carbocycles. The molecular weight excluding hydrogens is 430 g/mol. The number of nitrogens with one attached hydrogen (secondary N) is 1. The highest BCUT2D eigenvalue weighted by atomic mass is 32.1. The van der Waals surface area contributed by atoms with Crippen molar-refractivity contribution in [2.45, 2.75) is 44.9 Å². The predicted octanol–water partition coefficient (Wildman–Crippen LogP) is 6.46. The molecule has 3 aromatic heterocycles. The Labute approximate surface area is 197 Å². The lowest BCUT2D eigenvalue weighted by Gasteiger charge is -2.32. The summed E-state index contributed by atoms with van der Waals surface area (Å²) >= 11 is 1.55. The molecule has 0 aliphatic carbocycles. The first kappa shape index (κ1) is 21.8. The van der Waals surface area contributed by atoms with E-state index in [1.54, 1.807) is 17.5 Å². The summed E-state index contributed by atoms with van der Waals surface area (Å²) in [4.78, 5) is 35.6. The highest BCUT2D eigenvalue weighted by molar-refractivity contribution is 7.20. The van der Waals surface area contributed by atoms with Crippen LogP contribution in [0, 0.1) is 5.92 Å². The van der Waals surface area contributed by atoms with Crippen molar-refractivity contribution in [3.63, 3.8) is 0 Å². The van der Waals surface area contributed by atoms with Crippen LogP contribution in [0.1, 0.15) is 65.0 Å². The van der Waals surface area contributed by atoms with Crippen molar-refractivity contribution >= 4 is 44.0 Å². The minimum Gasteiger partial charge on any atom is -0.361 e. The van der Waals surface area contributed by atoms with E-state index >= 15 is 0 Å². The van der Waals surface area contributed by atoms with Crippen molar-refractivity contribution in [2.75, 3.05) is 13.1 Å². The van der Waals surface area contributed by atoms with Crippen molar-refractivity contribution in [3.05, 3.63) is 65.4 Å². The summed E-state index contributed by atoms with van der Waals surface area (Å²) in [6.45, 7) is 1.68. The third-order valence-corrected chi connectivity index (χ3v) is 7.94. The second-order valence-electron chi connectivity index (χ2n) is 9.06. The van der Waals surface area contributed by atoms with Crippen LogP contribution in [-0.4, -0.2) is 39.6 Å². The molecule has 4 aromatic rings. The fourth-order valence-corrected chi connectivity index (χ4v) is 5.83. The molecule has 1 aliphatic heterocycles. The number of hydrogen-bond acceptors (Lipinski definition) is 4. The predicted molar refractivity (Wildman–Crippen MR) is 134 cm³/mol. The van der Waals surface area contributed by atoms with E-state index in [2.05, 4.69) is 9.97 Å². The van der Waals surface area contributed by atoms with E-state index in [4.69, 9.17) is 0 Å². The first-order valence-corrected chi connectivity index (χ1v) is 12.7. The van der Waals surface area contributed by atoms with Gasteiger partial charge in [0.05, 0.1) is 9.58 Å². The van der Waals surface area contributed by atoms with E-state index in [-0.39, 0.29) is 11.7 Å². The number of ketones is 1. The topological polar surface area (TPSA) is 66.1 Å². The van der Waals surface area contributed by atoms with Gasteiger partial charge in [0.25, 0.3) is 5.91 Å². The molecule has 0 atom stereocenters. The fraction of sp³-hybridized carbons (Fsp3) is 0.370. The van der Waals surface area contributed by atoms with Crippen LogP contribution < -0.4 is 0 Å². The number of hydrogen-bond donors (Lipinski definition) is 1. The number of carbonyl (C=O) groups is 2. The number of aromatic amines is 1. The van der Waals surface area contributed by atoms with E-state index in [0.29, 0.717) is 12.3 Å². The number of thiophene rings is 1. The van der Waals surface area contributed by atoms with Crippen molar-refractivity contribution in [1.29, 1.82) is 0 Å². The number of nitrogens with zero attached hydrogens (tertiary/aromatic N) is 2. The molecule has 0 spiro atoms. The number of pyridine rings is 1. The minimum atomic E-state index is 0.139. The fourth-order valence-electron chi connectivity index (χ4n) is 4.83. The summed E-state index contributed by atoms with van der Waals surface area (Å²) in [7, 11) is 0. The standard InChI is InChI=1S/C27H29N3O2S/c31-24(25-17-21-8-12-28-18-26(21)33-25)5-3-1-2-4-19-10-14-30(15-11-19)27(32)22-7-6-20-9-13-29-23(20)16-22/h6-9,12-13,16-19,29H,1-5,10-11,14-15H2. The average molecular weight is 460 g/mol. The van der Waals surface area contributed by atoms with Gasteiger partial charge in [-0.25, -0.2) is 0 Å². The molecule has 1 amide bonds. The zero-order valence-electron chi connectivity index (χ0n) is 18.8. The van der Waals surface area contributed by atoms with Crippen LogP contribution in [0.15, 0.2) is 55.0 Å². The number of rotatable bonds is 8. The van der Waals surface area contributed by atoms with Crippen LogP contribution in [0.5, 0.6) is 0 Å². The SMILES string of the molecule is O=C(CCCCCC1CCN(C(=O)c2ccc3cc[nH]c3c2)CC1)c1cc2ccncc2s1. The number of H-pyrrole nitrogens is 1. The minimum absolute atomic E-state index is 0.139. The van der Waals surface area contributed by atoms with Gasteiger partial charge >= 0.3 is 0 Å². The summed E-state index contributed by atoms with van der Waals surface area (Å²) in [6.07, 6.45) is 12.7. The van der Waals surface area contributed by atoms with E-state index in [0.717, 1.165) is 76.6 Å². The maximum absolute atomic E-state index is 12.9. The molecule has 0 saturated carbocycles. The van der Waals surface area contributed by atoms with Crippen LogP contribution >= 0.6 is 11.3 Å². The zero-order valence-corrected chi connectivity index (χ0v) is 19.6. The Morgan fingerprint density at radius 3 is 2.76 bits per heavy atom. The number of fused-ring (bicyclic) bond motifs is 2. The van der Waals surface area contributed by atoms with Gasteiger partial charge in [0.2, 0.25) is 0 Å². The highest BCUT2D eigenvalue weighted by Crippen LogP contribution is 2.27. The Balaban J connectivity index is 1.01. The third-order valence-electron chi connectivity index (χ3n) is 6.82. The van der Waals surface area contributed by atoms with Gasteiger partial charge in [0.15, 0.2) is 5.78 Å². The quantitative estimate of drug-likeness (QED) is 0.243. The summed E-state index contributed by atoms with van der Waals surface area (Å²) in [5.41, 5.74) is 1.78. The zero-order chi connectivity index (χ0) is 22.6. The van der Waals surface area contributed by atoms with Gasteiger partial charge in [-0.2, -0.15) is 0 Å². The van der Waals surface area contributed by atoms with Gasteiger partial charge < -0.3 is 9.88 Å². The van der Waals surface area contributed by atoms with Gasteiger partial charge in [0.1, 0.15) is 0 Å². The normalized spacial score (nSPS) is 14.8. The molecule has 4 heterocycles. The molecule has 0 radical (unpaired) electrons. The Morgan fingerprint density at radius 1 is 1.03 bits per heavy atom. The lowest BCUT2D eigenvalue weighted by atomic mass is 9.90. The lowest BCUT2D eigenvalue weighted by Crippen LogP contribution is -2.38. The van der Waals surface area contributed by atoms with Crippen molar-refractivity contribution in [3.8, 4) is 0 Å². The van der Waals surface area contributed by atoms with Crippen LogP contribution in [0.4, 0.5) is 0 Å². The van der Waals surface area contributed by atoms with E-state index in [1.165, 1.54) is 6.42 Å². The van der Waals surface area contributed by atoms with E-state index in [9.17, 15) is 9.59 Å². The maximum Gasteiger partial charge on any atom is 0.253 e. The first-order valence-electron chi connectivity index (χ1n) is 11.9. The van der Waals surface area contributed by atoms with Crippen LogP contribution in [-0.2, 0) is 0 Å². The average Bonchev–Trinajstić information content (AvgIpc) is 3.50. The first-order chi connectivity index (χ1) is 16.2. The second kappa shape index (κ2) is 9.87. The highest BCUT2D eigenvalue weighted by Gasteiger charge is 2.23. The van der Waals surface area contributed by atoms with Gasteiger partial charge in [-0.1, -0.05) is 25.3 Å². The van der Waals surface area contributed by atoms with E-state index < -0.39 is 0 Å². The molecule has 170 valence electrons. The maximum atomic E-state index is 12.9. The monoisotopic (exact) mass is 459 g/mol. The van der Waals surface area contributed by atoms with Crippen molar-refractivity contribution in [1.82, 2.24) is 14.9 Å². The second-order valence-corrected chi connectivity index (χ2v) is 10.1. The number of amides is 1. The number of likely N-dealkylation sites (tertiary alicyclic amines) is 1. The molecule has 1 N–H and O–H groups in total. The Hall–Kier alpha value is -2.99. The van der Waals surface area contributed by atoms with Gasteiger partial charge in [-0.05, 0) is 66.3 Å². The lowest BCUT2D eigenvalue weighted by molar-refractivity contribution is 0.0686. The number of Topliss-reactive ketones (excluding diaryl/α,β-unsaturated/α-hetero) is 1. The molecular formula is C27H29N3O2S. The molecule has 0 unspecified atom stereocenters. The summed E-state index contributed by atoms with van der Waals surface area (Å²) in [5, 5.41) is 2.24. The molecule has 1 saturated heterocycles. The van der Waals surface area contributed by atoms with Crippen molar-refractivity contribution < 1.29 is 9.59 Å². The molecule has 33 heavy (non-hydrogen) atoms. The molecule has 1 aliphatic rings. The number of benzene rings is 1. The van der Waals surface area contributed by atoms with E-state index in [1.807, 2.05) is 53.7 Å². The van der Waals surface area contributed by atoms with Crippen LogP contribution in [0.25, 0.3) is 21.0 Å². The van der Waals surface area contributed by atoms with Crippen LogP contribution in [0.3, 0.4) is 0 Å². The Morgan fingerprint density at radius 2 is 1.91 bits per heavy atom. The number of unbranched alkanes of at least 4 members (excludes halogenated alkanes) is 2. The largest absolute Gasteiger partial charge is 0.361 e. The van der Waals surface area contributed by atoms with Crippen LogP contribution in [0.2, 0.25) is 0 Å². The van der Waals surface area contributed by atoms with Gasteiger partial charge in [-0.15, -0.1) is 11.3 Å². The number of carbonyl (C=O) groups excluding carboxylic acids is 2. The number of piperidine rings is 1. The molecule has 1 fully saturated rings. The third kappa shape index (κ3) is 5.01.